The standard InChI is InChI=1S/C8H18.2C7H16.3C6H14.2C5H12.2C4H10/c1-7(2,3)8(4,5)6;2*1-6(2)7(3,4)5;2*1-5-6(2,3)4;1-5(2)6(3)4;2*1-4-5(2)3;2*1-3-4-2/h1-6H3;2*6H,1-5H3;2*5H2,1-4H3;5-6H,1-4H3;2*5H,4H2,1-3H3;2*3-4H2,1-2H3/i;2*6D;2*5D2;5D,6D;2*4D2,5D;3D2,4D2;3D2. The van der Waals surface area contributed by atoms with Crippen molar-refractivity contribution >= 4 is 0 Å². The molecular formula is C58H136. The second kappa shape index (κ2) is 46.5. The van der Waals surface area contributed by atoms with E-state index in [1.165, 1.54) is 27.7 Å². The minimum atomic E-state index is -1.73. The van der Waals surface area contributed by atoms with Gasteiger partial charge in [0.1, 0.15) is 0 Å². The second-order valence-corrected chi connectivity index (χ2v) is 21.7. The van der Waals surface area contributed by atoms with Crippen LogP contribution in [0.25, 0.3) is 0 Å². The van der Waals surface area contributed by atoms with Crippen molar-refractivity contribution in [2.45, 2.75) is 314 Å². The Kier molecular flexibility index (Phi) is 32.7. The molecule has 0 aromatic rings. The van der Waals surface area contributed by atoms with Crippen molar-refractivity contribution in [2.75, 3.05) is 0 Å². The van der Waals surface area contributed by atoms with Crippen molar-refractivity contribution in [3.8, 4) is 0 Å². The van der Waals surface area contributed by atoms with Crippen LogP contribution in [-0.4, -0.2) is 0 Å². The SMILES string of the molecule is CC(C)(C)C(C)(C)C.[2H]C(C)(C)C(C)(C)C.[2H]C(C)(C)C(C)(C)C.[2H]C(C)(C)C([2H])(C)C.[2H]C([2H])(C)C(C)(C)C.[2H]C([2H])(C)C(C)(C)C.[2H]C([2H])(C)C([2H])(C)C.[2H]C([2H])(C)C([2H])(C)C.[2H]C([2H])(C)C([2H])([2H])C.[2H]C([2H])(C)CC. The van der Waals surface area contributed by atoms with Crippen LogP contribution >= 0.6 is 0 Å². The van der Waals surface area contributed by atoms with Gasteiger partial charge in [-0.2, -0.15) is 0 Å². The van der Waals surface area contributed by atoms with Crippen LogP contribution in [-0.2, 0) is 0 Å². The zero-order chi connectivity index (χ0) is 68.2. The fourth-order valence-corrected chi connectivity index (χ4v) is 0. The van der Waals surface area contributed by atoms with E-state index in [0.29, 0.717) is 17.3 Å². The zero-order valence-corrected chi connectivity index (χ0v) is 48.2. The summed E-state index contributed by atoms with van der Waals surface area (Å²) in [5.74, 6) is -3.88. The van der Waals surface area contributed by atoms with Crippen LogP contribution in [0, 0.1) is 67.9 Å². The van der Waals surface area contributed by atoms with Gasteiger partial charge in [-0.25, -0.2) is 0 Å². The Balaban J connectivity index is -0.0000000824. The summed E-state index contributed by atoms with van der Waals surface area (Å²) in [5, 5.41) is 0. The third kappa shape index (κ3) is 124. The largest absolute Gasteiger partial charge is 0.0654 e. The Hall–Kier alpha value is 0. The molecule has 0 atom stereocenters. The van der Waals surface area contributed by atoms with E-state index in [1.54, 1.807) is 76.2 Å². The molecule has 0 aliphatic heterocycles. The topological polar surface area (TPSA) is 0 Å². The Labute approximate surface area is 409 Å². The summed E-state index contributed by atoms with van der Waals surface area (Å²) < 4.78 is 143. The molecule has 0 N–H and O–H groups in total. The van der Waals surface area contributed by atoms with Gasteiger partial charge >= 0.3 is 0 Å². The van der Waals surface area contributed by atoms with Crippen molar-refractivity contribution in [3.05, 3.63) is 0 Å². The van der Waals surface area contributed by atoms with Gasteiger partial charge in [-0.1, -0.05) is 314 Å². The Morgan fingerprint density at radius 2 is 0.466 bits per heavy atom. The van der Waals surface area contributed by atoms with Gasteiger partial charge in [0.15, 0.2) is 0 Å². The lowest BCUT2D eigenvalue weighted by Gasteiger charge is -2.34. The van der Waals surface area contributed by atoms with Crippen LogP contribution in [0.5, 0.6) is 0 Å². The summed E-state index contributed by atoms with van der Waals surface area (Å²) in [6.07, 6.45) is -8.73. The van der Waals surface area contributed by atoms with Gasteiger partial charge < -0.3 is 0 Å². The van der Waals surface area contributed by atoms with E-state index < -0.39 is 68.2 Å². The lowest BCUT2D eigenvalue weighted by Crippen LogP contribution is -2.25. The van der Waals surface area contributed by atoms with Gasteiger partial charge in [0, 0.05) is 27.4 Å². The van der Waals surface area contributed by atoms with Gasteiger partial charge in [0.25, 0.3) is 0 Å². The van der Waals surface area contributed by atoms with E-state index in [4.69, 9.17) is 27.4 Å². The fourth-order valence-electron chi connectivity index (χ4n) is 0. The predicted octanol–water partition coefficient (Wildman–Crippen LogP) is 23.4. The first-order valence-electron chi connectivity index (χ1n) is 31.8. The Bertz CT molecular complexity index is 1010. The average Bonchev–Trinajstić information content (AvgIpc) is 2.98. The lowest BCUT2D eigenvalue weighted by atomic mass is 9.71. The Morgan fingerprint density at radius 1 is 0.345 bits per heavy atom. The minimum Gasteiger partial charge on any atom is -0.0654 e. The molecule has 0 aromatic heterocycles. The van der Waals surface area contributed by atoms with Crippen molar-refractivity contribution in [3.63, 3.8) is 0 Å². The van der Waals surface area contributed by atoms with Crippen molar-refractivity contribution in [1.29, 1.82) is 0 Å². The molecule has 0 aromatic carbocycles. The average molecular weight is 854 g/mol. The normalized spacial score (nSPS) is 19.3. The molecule has 58 heavy (non-hydrogen) atoms. The molecule has 0 fully saturated rings. The van der Waals surface area contributed by atoms with E-state index in [1.807, 2.05) is 76.2 Å². The van der Waals surface area contributed by atoms with Gasteiger partial charge in [0.2, 0.25) is 0 Å². The second-order valence-electron chi connectivity index (χ2n) is 21.7. The molecule has 0 aliphatic carbocycles. The van der Waals surface area contributed by atoms with Crippen LogP contribution in [0.15, 0.2) is 0 Å². The molecule has 0 spiro atoms. The highest BCUT2D eigenvalue weighted by atomic mass is 14.3. The summed E-state index contributed by atoms with van der Waals surface area (Å²) in [7, 11) is 0. The molecule has 368 valence electrons. The van der Waals surface area contributed by atoms with E-state index >= 15 is 0 Å². The molecule has 0 saturated carbocycles. The van der Waals surface area contributed by atoms with Gasteiger partial charge in [-0.3, -0.25) is 0 Å². The summed E-state index contributed by atoms with van der Waals surface area (Å²) in [4.78, 5) is 0. The number of hydrogen-bond acceptors (Lipinski definition) is 0. The molecule has 0 nitrogen and oxygen atoms in total. The highest BCUT2D eigenvalue weighted by molar-refractivity contribution is 4.77. The van der Waals surface area contributed by atoms with Crippen molar-refractivity contribution in [2.24, 2.45) is 67.9 Å². The number of hydrogen-bond donors (Lipinski definition) is 0. The quantitative estimate of drug-likeness (QED) is 0.258. The van der Waals surface area contributed by atoms with E-state index in [2.05, 4.69) is 83.1 Å². The Morgan fingerprint density at radius 3 is 0.466 bits per heavy atom. The van der Waals surface area contributed by atoms with Crippen LogP contribution < -0.4 is 0 Å². The first-order chi connectivity index (χ1) is 31.8. The van der Waals surface area contributed by atoms with E-state index in [0.717, 1.165) is 0 Å². The molecule has 0 saturated heterocycles. The van der Waals surface area contributed by atoms with Gasteiger partial charge in [-0.15, -0.1) is 0 Å². The predicted molar refractivity (Wildman–Crippen MR) is 288 cm³/mol. The maximum Gasteiger partial charge on any atom is 0.0302 e. The molecule has 0 amide bonds. The molecule has 0 radical (unpaired) electrons. The highest BCUT2D eigenvalue weighted by Crippen LogP contribution is 2.36. The van der Waals surface area contributed by atoms with Gasteiger partial charge in [-0.05, 0) is 67.9 Å². The molecule has 0 rings (SSSR count). The zero-order valence-electron chi connectivity index (χ0n) is 68.2. The molecule has 0 heteroatoms. The third-order valence-electron chi connectivity index (χ3n) is 9.35. The van der Waals surface area contributed by atoms with Crippen molar-refractivity contribution < 1.29 is 27.4 Å². The maximum absolute atomic E-state index is 7.58. The summed E-state index contributed by atoms with van der Waals surface area (Å²) in [5.41, 5.74) is 0.625. The number of rotatable bonds is 5. The highest BCUT2D eigenvalue weighted by Gasteiger charge is 2.26. The third-order valence-corrected chi connectivity index (χ3v) is 9.35. The monoisotopic (exact) mass is 853 g/mol. The minimum absolute atomic E-state index is 0.104. The maximum atomic E-state index is 7.58. The molecule has 0 aliphatic rings. The smallest absolute Gasteiger partial charge is 0.0302 e. The molecule has 0 bridgehead atoms. The molecule has 0 unspecified atom stereocenters. The first-order valence-corrected chi connectivity index (χ1v) is 21.8. The summed E-state index contributed by atoms with van der Waals surface area (Å²) >= 11 is 0. The van der Waals surface area contributed by atoms with E-state index in [-0.39, 0.29) is 33.4 Å². The lowest BCUT2D eigenvalue weighted by molar-refractivity contribution is 0.157. The van der Waals surface area contributed by atoms with E-state index in [9.17, 15) is 0 Å². The first kappa shape index (κ1) is 40.8. The molecular weight excluding hydrogens is 697 g/mol. The summed E-state index contributed by atoms with van der Waals surface area (Å²) in [6, 6.07) is 0. The van der Waals surface area contributed by atoms with Crippen LogP contribution in [0.1, 0.15) is 342 Å². The van der Waals surface area contributed by atoms with Crippen molar-refractivity contribution in [1.82, 2.24) is 0 Å². The van der Waals surface area contributed by atoms with Crippen LogP contribution in [0.4, 0.5) is 0 Å². The fraction of sp³-hybridized carbons (Fsp3) is 1.00. The van der Waals surface area contributed by atoms with Gasteiger partial charge in [0.05, 0.1) is 0 Å². The van der Waals surface area contributed by atoms with Crippen LogP contribution in [0.3, 0.4) is 0 Å². The van der Waals surface area contributed by atoms with Crippen LogP contribution in [0.2, 0.25) is 0 Å². The summed E-state index contributed by atoms with van der Waals surface area (Å²) in [6.45, 7) is 70.4. The molecule has 0 heterocycles.